The highest BCUT2D eigenvalue weighted by Gasteiger charge is 2.33. The smallest absolute Gasteiger partial charge is 0.377 e. The fraction of sp³-hybridized carbons (Fsp3) is 0.571. The third-order valence-corrected chi connectivity index (χ3v) is 5.31. The molecule has 0 atom stereocenters. The number of alkyl halides is 3. The van der Waals surface area contributed by atoms with E-state index in [0.29, 0.717) is 5.52 Å². The van der Waals surface area contributed by atoms with E-state index in [1.165, 1.54) is 31.4 Å². The summed E-state index contributed by atoms with van der Waals surface area (Å²) in [6.07, 6.45) is 5.49. The van der Waals surface area contributed by atoms with Gasteiger partial charge < -0.3 is 4.90 Å². The lowest BCUT2D eigenvalue weighted by atomic mass is 10.1. The van der Waals surface area contributed by atoms with Gasteiger partial charge in [0.05, 0.1) is 18.7 Å². The molecular formula is C21H29F3N3+. The number of halogens is 3. The molecular weight excluding hydrogens is 351 g/mol. The van der Waals surface area contributed by atoms with Crippen molar-refractivity contribution in [3.63, 3.8) is 0 Å². The molecule has 1 aliphatic heterocycles. The number of piperidine rings is 1. The lowest BCUT2D eigenvalue weighted by molar-refractivity contribution is -0.674. The summed E-state index contributed by atoms with van der Waals surface area (Å²) in [6, 6.07) is 4.11. The van der Waals surface area contributed by atoms with Crippen molar-refractivity contribution in [2.24, 2.45) is 0 Å². The van der Waals surface area contributed by atoms with Gasteiger partial charge >= 0.3 is 6.18 Å². The van der Waals surface area contributed by atoms with Crippen LogP contribution in [0.15, 0.2) is 24.4 Å². The molecule has 1 fully saturated rings. The zero-order chi connectivity index (χ0) is 19.4. The second-order valence-corrected chi connectivity index (χ2v) is 7.22. The Hall–Kier alpha value is -1.98. The highest BCUT2D eigenvalue weighted by molar-refractivity contribution is 5.75. The largest absolute Gasteiger partial charge is 0.416 e. The minimum Gasteiger partial charge on any atom is -0.377 e. The Balaban J connectivity index is 2.09. The maximum Gasteiger partial charge on any atom is 0.416 e. The summed E-state index contributed by atoms with van der Waals surface area (Å²) in [4.78, 5) is 2.31. The number of hydrogen-bond acceptors (Lipinski definition) is 1. The molecule has 1 saturated heterocycles. The van der Waals surface area contributed by atoms with E-state index in [4.69, 9.17) is 0 Å². The molecule has 148 valence electrons. The average Bonchev–Trinajstić information content (AvgIpc) is 2.96. The van der Waals surface area contributed by atoms with Gasteiger partial charge in [0.2, 0.25) is 0 Å². The zero-order valence-corrected chi connectivity index (χ0v) is 16.2. The van der Waals surface area contributed by atoms with Gasteiger partial charge in [0.25, 0.3) is 5.82 Å². The summed E-state index contributed by atoms with van der Waals surface area (Å²) in [5.41, 5.74) is 0.943. The number of unbranched alkanes of at least 4 members (excludes halogenated alkanes) is 1. The molecule has 0 saturated carbocycles. The topological polar surface area (TPSA) is 12.1 Å². The number of aryl methyl sites for hydroxylation is 2. The first-order valence-corrected chi connectivity index (χ1v) is 10.0. The first-order chi connectivity index (χ1) is 13.0. The van der Waals surface area contributed by atoms with Crippen LogP contribution in [0.3, 0.4) is 0 Å². The van der Waals surface area contributed by atoms with Crippen LogP contribution in [-0.4, -0.2) is 22.6 Å². The van der Waals surface area contributed by atoms with Gasteiger partial charge in [-0.25, -0.2) is 9.13 Å². The lowest BCUT2D eigenvalue weighted by Crippen LogP contribution is -2.37. The van der Waals surface area contributed by atoms with Gasteiger partial charge in [0.15, 0.2) is 11.0 Å². The minimum atomic E-state index is -4.32. The highest BCUT2D eigenvalue weighted by Crippen LogP contribution is 2.31. The molecule has 3 rings (SSSR count). The van der Waals surface area contributed by atoms with E-state index in [0.717, 1.165) is 50.4 Å². The summed E-state index contributed by atoms with van der Waals surface area (Å²) in [6.45, 7) is 7.69. The number of benzene rings is 1. The third kappa shape index (κ3) is 4.30. The van der Waals surface area contributed by atoms with Crippen LogP contribution < -0.4 is 4.57 Å². The normalized spacial score (nSPS) is 16.0. The minimum absolute atomic E-state index is 0.583. The molecule has 3 nitrogen and oxygen atoms in total. The van der Waals surface area contributed by atoms with E-state index in [2.05, 4.69) is 33.2 Å². The standard InChI is InChI=1S/C21H29F3N3/c1-3-5-14-27-19-16-17(21(22,23)24)9-10-18(19)26(4-2)20(27)11-15-25-12-7-6-8-13-25/h9-11,15-16H,3-8,12-14H2,1-2H3/q+1. The molecule has 1 aromatic carbocycles. The summed E-state index contributed by atoms with van der Waals surface area (Å²) in [7, 11) is 0. The highest BCUT2D eigenvalue weighted by atomic mass is 19.4. The van der Waals surface area contributed by atoms with Gasteiger partial charge in [-0.1, -0.05) is 13.3 Å². The second-order valence-electron chi connectivity index (χ2n) is 7.22. The van der Waals surface area contributed by atoms with Crippen molar-refractivity contribution in [3.05, 3.63) is 35.8 Å². The number of nitrogens with zero attached hydrogens (tertiary/aromatic N) is 3. The van der Waals surface area contributed by atoms with Crippen LogP contribution in [-0.2, 0) is 19.3 Å². The van der Waals surface area contributed by atoms with Crippen molar-refractivity contribution in [2.75, 3.05) is 13.1 Å². The Bertz CT molecular complexity index is 799. The maximum absolute atomic E-state index is 13.2. The summed E-state index contributed by atoms with van der Waals surface area (Å²) >= 11 is 0. The first-order valence-electron chi connectivity index (χ1n) is 10.0. The maximum atomic E-state index is 13.2. The molecule has 27 heavy (non-hydrogen) atoms. The molecule has 1 aromatic heterocycles. The van der Waals surface area contributed by atoms with Crippen LogP contribution >= 0.6 is 0 Å². The molecule has 0 spiro atoms. The van der Waals surface area contributed by atoms with Crippen LogP contribution in [0.4, 0.5) is 13.2 Å². The number of rotatable bonds is 6. The van der Waals surface area contributed by atoms with Gasteiger partial charge in [-0.3, -0.25) is 0 Å². The van der Waals surface area contributed by atoms with Crippen molar-refractivity contribution in [1.29, 1.82) is 0 Å². The predicted octanol–water partition coefficient (Wildman–Crippen LogP) is 5.22. The Labute approximate surface area is 159 Å². The van der Waals surface area contributed by atoms with E-state index in [9.17, 15) is 13.2 Å². The zero-order valence-electron chi connectivity index (χ0n) is 16.2. The van der Waals surface area contributed by atoms with Gasteiger partial charge in [0, 0.05) is 31.4 Å². The number of imidazole rings is 1. The predicted molar refractivity (Wildman–Crippen MR) is 102 cm³/mol. The van der Waals surface area contributed by atoms with Crippen molar-refractivity contribution < 1.29 is 17.7 Å². The van der Waals surface area contributed by atoms with Crippen molar-refractivity contribution in [2.45, 2.75) is 65.2 Å². The van der Waals surface area contributed by atoms with Gasteiger partial charge in [-0.05, 0) is 44.7 Å². The van der Waals surface area contributed by atoms with Crippen molar-refractivity contribution in [1.82, 2.24) is 9.47 Å². The summed E-state index contributed by atoms with van der Waals surface area (Å²) in [5, 5.41) is 0. The molecule has 0 unspecified atom stereocenters. The van der Waals surface area contributed by atoms with Crippen LogP contribution in [0.25, 0.3) is 17.1 Å². The molecule has 0 aliphatic carbocycles. The van der Waals surface area contributed by atoms with Crippen LogP contribution in [0, 0.1) is 0 Å². The Morgan fingerprint density at radius 3 is 2.48 bits per heavy atom. The average molecular weight is 380 g/mol. The first kappa shape index (κ1) is 19.8. The van der Waals surface area contributed by atoms with Crippen LogP contribution in [0.5, 0.6) is 0 Å². The van der Waals surface area contributed by atoms with Gasteiger partial charge in [-0.15, -0.1) is 0 Å². The molecule has 2 heterocycles. The molecule has 0 N–H and O–H groups in total. The number of aromatic nitrogens is 2. The van der Waals surface area contributed by atoms with E-state index in [-0.39, 0.29) is 0 Å². The SMILES string of the molecule is CCCC[n+]1c(/C=C/N2CCCCC2)n(CC)c2ccc(C(F)(F)F)cc21. The van der Waals surface area contributed by atoms with Gasteiger partial charge in [-0.2, -0.15) is 13.2 Å². The molecule has 0 radical (unpaired) electrons. The summed E-state index contributed by atoms with van der Waals surface area (Å²) < 4.78 is 43.9. The fourth-order valence-electron chi connectivity index (χ4n) is 3.84. The van der Waals surface area contributed by atoms with Crippen LogP contribution in [0.2, 0.25) is 0 Å². The fourth-order valence-corrected chi connectivity index (χ4v) is 3.84. The quantitative estimate of drug-likeness (QED) is 0.626. The van der Waals surface area contributed by atoms with E-state index in [1.807, 2.05) is 6.92 Å². The monoisotopic (exact) mass is 380 g/mol. The Kier molecular flexibility index (Phi) is 6.12. The third-order valence-electron chi connectivity index (χ3n) is 5.31. The van der Waals surface area contributed by atoms with Gasteiger partial charge in [0.1, 0.15) is 0 Å². The Morgan fingerprint density at radius 1 is 1.11 bits per heavy atom. The summed E-state index contributed by atoms with van der Waals surface area (Å²) in [5.74, 6) is 0.978. The molecule has 2 aromatic rings. The molecule has 0 bridgehead atoms. The van der Waals surface area contributed by atoms with E-state index in [1.54, 1.807) is 6.07 Å². The molecule has 6 heteroatoms. The number of fused-ring (bicyclic) bond motifs is 1. The molecule has 1 aliphatic rings. The van der Waals surface area contributed by atoms with Crippen molar-refractivity contribution >= 4 is 17.1 Å². The number of likely N-dealkylation sites (tertiary alicyclic amines) is 1. The van der Waals surface area contributed by atoms with Crippen molar-refractivity contribution in [3.8, 4) is 0 Å². The second kappa shape index (κ2) is 8.36. The van der Waals surface area contributed by atoms with E-state index < -0.39 is 11.7 Å². The number of hydrogen-bond donors (Lipinski definition) is 0. The van der Waals surface area contributed by atoms with E-state index >= 15 is 0 Å². The Morgan fingerprint density at radius 2 is 1.85 bits per heavy atom. The molecule has 0 amide bonds. The lowest BCUT2D eigenvalue weighted by Gasteiger charge is -2.24. The van der Waals surface area contributed by atoms with Crippen LogP contribution in [0.1, 0.15) is 57.3 Å².